The summed E-state index contributed by atoms with van der Waals surface area (Å²) in [6, 6.07) is 0.116. The van der Waals surface area contributed by atoms with Crippen LogP contribution in [0.3, 0.4) is 0 Å². The molecule has 1 atom stereocenters. The van der Waals surface area contributed by atoms with Crippen LogP contribution in [0.2, 0.25) is 0 Å². The van der Waals surface area contributed by atoms with Crippen LogP contribution < -0.4 is 5.32 Å². The van der Waals surface area contributed by atoms with Crippen molar-refractivity contribution in [3.8, 4) is 0 Å². The molecule has 5 heteroatoms. The Balaban J connectivity index is 1.56. The van der Waals surface area contributed by atoms with Crippen LogP contribution in [0.15, 0.2) is 0 Å². The van der Waals surface area contributed by atoms with Gasteiger partial charge in [0.1, 0.15) is 6.04 Å². The zero-order valence-electron chi connectivity index (χ0n) is 11.3. The van der Waals surface area contributed by atoms with E-state index in [1.165, 1.54) is 19.3 Å². The zero-order valence-corrected chi connectivity index (χ0v) is 12.1. The Bertz CT molecular complexity index is 364. The third kappa shape index (κ3) is 3.07. The predicted octanol–water partition coefficient (Wildman–Crippen LogP) is 1.75. The molecule has 0 radical (unpaired) electrons. The normalized spacial score (nSPS) is 28.4. The minimum atomic E-state index is -0.222. The van der Waals surface area contributed by atoms with E-state index in [2.05, 4.69) is 5.32 Å². The van der Waals surface area contributed by atoms with Crippen LogP contribution in [0.5, 0.6) is 0 Å². The van der Waals surface area contributed by atoms with Gasteiger partial charge in [0.05, 0.1) is 5.88 Å². The number of hydrogen-bond donors (Lipinski definition) is 1. The van der Waals surface area contributed by atoms with Gasteiger partial charge in [-0.25, -0.2) is 0 Å². The van der Waals surface area contributed by atoms with E-state index in [-0.39, 0.29) is 23.8 Å². The highest BCUT2D eigenvalue weighted by Crippen LogP contribution is 2.34. The van der Waals surface area contributed by atoms with Gasteiger partial charge in [-0.15, -0.1) is 11.8 Å². The quantitative estimate of drug-likeness (QED) is 0.858. The molecule has 2 aliphatic carbocycles. The summed E-state index contributed by atoms with van der Waals surface area (Å²) in [6.45, 7) is 0. The molecule has 3 rings (SSSR count). The molecule has 4 nitrogen and oxygen atoms in total. The van der Waals surface area contributed by atoms with Crippen molar-refractivity contribution in [2.24, 2.45) is 5.92 Å². The number of thioether (sulfide) groups is 1. The third-order valence-electron chi connectivity index (χ3n) is 4.35. The van der Waals surface area contributed by atoms with Gasteiger partial charge in [0, 0.05) is 17.7 Å². The predicted molar refractivity (Wildman–Crippen MR) is 75.7 cm³/mol. The van der Waals surface area contributed by atoms with E-state index in [1.807, 2.05) is 0 Å². The van der Waals surface area contributed by atoms with Crippen molar-refractivity contribution in [1.29, 1.82) is 0 Å². The van der Waals surface area contributed by atoms with Gasteiger partial charge in [0.15, 0.2) is 0 Å². The summed E-state index contributed by atoms with van der Waals surface area (Å²) >= 11 is 1.70. The Kier molecular flexibility index (Phi) is 4.01. The lowest BCUT2D eigenvalue weighted by Crippen LogP contribution is -2.50. The molecule has 0 bridgehead atoms. The molecule has 3 aliphatic rings. The standard InChI is InChI=1S/C14H22N2O2S/c17-13(15-11-4-2-1-3-5-11)12-8-19-9-16(12)14(18)10-6-7-10/h10-12H,1-9H2,(H,15,17). The largest absolute Gasteiger partial charge is 0.352 e. The summed E-state index contributed by atoms with van der Waals surface area (Å²) in [5.74, 6) is 1.94. The van der Waals surface area contributed by atoms with Gasteiger partial charge in [-0.05, 0) is 25.7 Å². The summed E-state index contributed by atoms with van der Waals surface area (Å²) < 4.78 is 0. The van der Waals surface area contributed by atoms with E-state index < -0.39 is 0 Å². The molecule has 1 aliphatic heterocycles. The van der Waals surface area contributed by atoms with Crippen molar-refractivity contribution in [3.05, 3.63) is 0 Å². The maximum absolute atomic E-state index is 12.4. The number of carbonyl (C=O) groups excluding carboxylic acids is 2. The van der Waals surface area contributed by atoms with Crippen LogP contribution in [-0.2, 0) is 9.59 Å². The van der Waals surface area contributed by atoms with Crippen LogP contribution in [0.1, 0.15) is 44.9 Å². The van der Waals surface area contributed by atoms with Crippen LogP contribution >= 0.6 is 11.8 Å². The molecule has 1 unspecified atom stereocenters. The lowest BCUT2D eigenvalue weighted by Gasteiger charge is -2.27. The zero-order chi connectivity index (χ0) is 13.2. The van der Waals surface area contributed by atoms with Crippen molar-refractivity contribution >= 4 is 23.6 Å². The van der Waals surface area contributed by atoms with E-state index >= 15 is 0 Å². The molecule has 19 heavy (non-hydrogen) atoms. The molecule has 3 fully saturated rings. The van der Waals surface area contributed by atoms with E-state index in [1.54, 1.807) is 16.7 Å². The van der Waals surface area contributed by atoms with Gasteiger partial charge in [0.2, 0.25) is 11.8 Å². The molecule has 0 aromatic carbocycles. The molecule has 2 amide bonds. The van der Waals surface area contributed by atoms with E-state index in [0.717, 1.165) is 31.4 Å². The van der Waals surface area contributed by atoms with Gasteiger partial charge < -0.3 is 10.2 Å². The number of amides is 2. The number of nitrogens with one attached hydrogen (secondary N) is 1. The summed E-state index contributed by atoms with van der Waals surface area (Å²) in [7, 11) is 0. The van der Waals surface area contributed by atoms with Gasteiger partial charge in [-0.1, -0.05) is 19.3 Å². The minimum absolute atomic E-state index is 0.0749. The highest BCUT2D eigenvalue weighted by Gasteiger charge is 2.41. The Labute approximate surface area is 118 Å². The highest BCUT2D eigenvalue weighted by molar-refractivity contribution is 7.99. The van der Waals surface area contributed by atoms with E-state index in [9.17, 15) is 9.59 Å². The van der Waals surface area contributed by atoms with Gasteiger partial charge in [-0.2, -0.15) is 0 Å². The number of hydrogen-bond acceptors (Lipinski definition) is 3. The Morgan fingerprint density at radius 1 is 1.05 bits per heavy atom. The van der Waals surface area contributed by atoms with E-state index in [4.69, 9.17) is 0 Å². The summed E-state index contributed by atoms with van der Waals surface area (Å²) in [5, 5.41) is 3.16. The average molecular weight is 282 g/mol. The van der Waals surface area contributed by atoms with Gasteiger partial charge in [0.25, 0.3) is 0 Å². The number of rotatable bonds is 3. The first-order valence-corrected chi connectivity index (χ1v) is 8.60. The summed E-state index contributed by atoms with van der Waals surface area (Å²) in [4.78, 5) is 26.3. The van der Waals surface area contributed by atoms with Crippen molar-refractivity contribution in [3.63, 3.8) is 0 Å². The lowest BCUT2D eigenvalue weighted by atomic mass is 9.95. The second-order valence-electron chi connectivity index (χ2n) is 5.94. The fraction of sp³-hybridized carbons (Fsp3) is 0.857. The molecule has 106 valence electrons. The van der Waals surface area contributed by atoms with Crippen molar-refractivity contribution in [1.82, 2.24) is 10.2 Å². The molecule has 2 saturated carbocycles. The maximum Gasteiger partial charge on any atom is 0.243 e. The van der Waals surface area contributed by atoms with Crippen LogP contribution in [0, 0.1) is 5.92 Å². The highest BCUT2D eigenvalue weighted by atomic mass is 32.2. The average Bonchev–Trinajstić information content (AvgIpc) is 3.16. The topological polar surface area (TPSA) is 49.4 Å². The van der Waals surface area contributed by atoms with Gasteiger partial charge >= 0.3 is 0 Å². The maximum atomic E-state index is 12.4. The molecular formula is C14H22N2O2S. The SMILES string of the molecule is O=C(NC1CCCCC1)C1CSCN1C(=O)C1CC1. The summed E-state index contributed by atoms with van der Waals surface area (Å²) in [6.07, 6.45) is 7.94. The molecular weight excluding hydrogens is 260 g/mol. The van der Waals surface area contributed by atoms with Crippen LogP contribution in [0.25, 0.3) is 0 Å². The summed E-state index contributed by atoms with van der Waals surface area (Å²) in [5.41, 5.74) is 0. The molecule has 0 spiro atoms. The second kappa shape index (κ2) is 5.73. The van der Waals surface area contributed by atoms with E-state index in [0.29, 0.717) is 11.9 Å². The Morgan fingerprint density at radius 3 is 2.47 bits per heavy atom. The van der Waals surface area contributed by atoms with Crippen LogP contribution in [0.4, 0.5) is 0 Å². The molecule has 0 aromatic rings. The fourth-order valence-corrected chi connectivity index (χ4v) is 4.15. The molecule has 1 saturated heterocycles. The Morgan fingerprint density at radius 2 is 1.79 bits per heavy atom. The minimum Gasteiger partial charge on any atom is -0.352 e. The smallest absolute Gasteiger partial charge is 0.243 e. The van der Waals surface area contributed by atoms with Gasteiger partial charge in [-0.3, -0.25) is 9.59 Å². The van der Waals surface area contributed by atoms with Crippen LogP contribution in [-0.4, -0.2) is 40.4 Å². The first-order valence-electron chi connectivity index (χ1n) is 7.44. The molecule has 0 aromatic heterocycles. The van der Waals surface area contributed by atoms with Crippen molar-refractivity contribution in [2.75, 3.05) is 11.6 Å². The number of carbonyl (C=O) groups is 2. The first kappa shape index (κ1) is 13.3. The monoisotopic (exact) mass is 282 g/mol. The Hall–Kier alpha value is -0.710. The fourth-order valence-electron chi connectivity index (χ4n) is 2.99. The van der Waals surface area contributed by atoms with Crippen molar-refractivity contribution in [2.45, 2.75) is 57.0 Å². The van der Waals surface area contributed by atoms with Crippen molar-refractivity contribution < 1.29 is 9.59 Å². The molecule has 1 N–H and O–H groups in total. The molecule has 1 heterocycles. The second-order valence-corrected chi connectivity index (χ2v) is 6.94. The third-order valence-corrected chi connectivity index (χ3v) is 5.36. The lowest BCUT2D eigenvalue weighted by molar-refractivity contribution is -0.139. The number of nitrogens with zero attached hydrogens (tertiary/aromatic N) is 1. The first-order chi connectivity index (χ1) is 9.25.